The van der Waals surface area contributed by atoms with E-state index in [1.165, 1.54) is 0 Å². The van der Waals surface area contributed by atoms with Gasteiger partial charge in [0.25, 0.3) is 0 Å². The SMILES string of the molecule is Nc1ccc(NC=O)cc1Cc1cc2ccccc2o1. The van der Waals surface area contributed by atoms with Crippen LogP contribution >= 0.6 is 0 Å². The number of benzene rings is 2. The van der Waals surface area contributed by atoms with Crippen LogP contribution in [0.5, 0.6) is 0 Å². The van der Waals surface area contributed by atoms with Crippen molar-refractivity contribution in [3.8, 4) is 0 Å². The van der Waals surface area contributed by atoms with Crippen molar-refractivity contribution in [1.82, 2.24) is 0 Å². The Bertz CT molecular complexity index is 729. The van der Waals surface area contributed by atoms with E-state index in [-0.39, 0.29) is 0 Å². The topological polar surface area (TPSA) is 68.3 Å². The molecule has 0 aliphatic carbocycles. The van der Waals surface area contributed by atoms with Gasteiger partial charge in [-0.25, -0.2) is 0 Å². The monoisotopic (exact) mass is 266 g/mol. The Morgan fingerprint density at radius 3 is 2.80 bits per heavy atom. The van der Waals surface area contributed by atoms with Crippen molar-refractivity contribution in [2.75, 3.05) is 11.1 Å². The first-order valence-corrected chi connectivity index (χ1v) is 6.32. The number of carbonyl (C=O) groups is 1. The average Bonchev–Trinajstić information content (AvgIpc) is 2.85. The van der Waals surface area contributed by atoms with Crippen LogP contribution in [0.3, 0.4) is 0 Å². The zero-order valence-electron chi connectivity index (χ0n) is 10.8. The lowest BCUT2D eigenvalue weighted by atomic mass is 10.1. The second-order valence-corrected chi connectivity index (χ2v) is 4.60. The summed E-state index contributed by atoms with van der Waals surface area (Å²) in [6, 6.07) is 15.3. The lowest BCUT2D eigenvalue weighted by molar-refractivity contribution is -0.105. The van der Waals surface area contributed by atoms with E-state index in [0.717, 1.165) is 28.0 Å². The minimum absolute atomic E-state index is 0.592. The van der Waals surface area contributed by atoms with E-state index in [1.807, 2.05) is 36.4 Å². The molecule has 0 atom stereocenters. The predicted octanol–water partition coefficient (Wildman–Crippen LogP) is 3.17. The van der Waals surface area contributed by atoms with E-state index in [2.05, 4.69) is 5.32 Å². The molecule has 1 aromatic heterocycles. The Hall–Kier alpha value is -2.75. The first-order chi connectivity index (χ1) is 9.76. The molecule has 3 rings (SSSR count). The molecular formula is C16H14N2O2. The van der Waals surface area contributed by atoms with E-state index in [0.29, 0.717) is 18.5 Å². The third-order valence-electron chi connectivity index (χ3n) is 3.21. The Morgan fingerprint density at radius 2 is 2.00 bits per heavy atom. The standard InChI is InChI=1S/C16H14N2O2/c17-15-6-5-13(18-10-19)7-12(15)9-14-8-11-3-1-2-4-16(11)20-14/h1-8,10H,9,17H2,(H,18,19). The van der Waals surface area contributed by atoms with Crippen LogP contribution in [-0.4, -0.2) is 6.41 Å². The van der Waals surface area contributed by atoms with Crippen molar-refractivity contribution in [2.45, 2.75) is 6.42 Å². The van der Waals surface area contributed by atoms with Crippen LogP contribution in [0.15, 0.2) is 52.9 Å². The maximum atomic E-state index is 10.5. The van der Waals surface area contributed by atoms with Crippen molar-refractivity contribution in [3.63, 3.8) is 0 Å². The van der Waals surface area contributed by atoms with Gasteiger partial charge in [0.2, 0.25) is 6.41 Å². The molecule has 3 aromatic rings. The van der Waals surface area contributed by atoms with E-state index in [1.54, 1.807) is 12.1 Å². The number of nitrogen functional groups attached to an aromatic ring is 1. The minimum Gasteiger partial charge on any atom is -0.461 e. The molecular weight excluding hydrogens is 252 g/mol. The van der Waals surface area contributed by atoms with Gasteiger partial charge >= 0.3 is 0 Å². The number of amides is 1. The zero-order valence-corrected chi connectivity index (χ0v) is 10.8. The molecule has 0 unspecified atom stereocenters. The number of fused-ring (bicyclic) bond motifs is 1. The van der Waals surface area contributed by atoms with Crippen molar-refractivity contribution in [2.24, 2.45) is 0 Å². The molecule has 4 heteroatoms. The molecule has 0 fully saturated rings. The Labute approximate surface area is 116 Å². The van der Waals surface area contributed by atoms with Crippen LogP contribution in [0.2, 0.25) is 0 Å². The molecule has 0 radical (unpaired) electrons. The normalized spacial score (nSPS) is 10.6. The molecule has 0 spiro atoms. The van der Waals surface area contributed by atoms with Gasteiger partial charge in [-0.3, -0.25) is 4.79 Å². The smallest absolute Gasteiger partial charge is 0.211 e. The number of nitrogens with one attached hydrogen (secondary N) is 1. The molecule has 1 amide bonds. The van der Waals surface area contributed by atoms with E-state index < -0.39 is 0 Å². The lowest BCUT2D eigenvalue weighted by Crippen LogP contribution is -1.99. The maximum Gasteiger partial charge on any atom is 0.211 e. The molecule has 20 heavy (non-hydrogen) atoms. The van der Waals surface area contributed by atoms with Crippen LogP contribution in [0.4, 0.5) is 11.4 Å². The van der Waals surface area contributed by atoms with Crippen LogP contribution in [0.1, 0.15) is 11.3 Å². The second kappa shape index (κ2) is 5.09. The number of rotatable bonds is 4. The van der Waals surface area contributed by atoms with Gasteiger partial charge in [0, 0.05) is 23.2 Å². The zero-order chi connectivity index (χ0) is 13.9. The highest BCUT2D eigenvalue weighted by Gasteiger charge is 2.07. The molecule has 4 nitrogen and oxygen atoms in total. The first-order valence-electron chi connectivity index (χ1n) is 6.32. The highest BCUT2D eigenvalue weighted by atomic mass is 16.3. The van der Waals surface area contributed by atoms with Crippen molar-refractivity contribution in [1.29, 1.82) is 0 Å². The van der Waals surface area contributed by atoms with Crippen LogP contribution < -0.4 is 11.1 Å². The van der Waals surface area contributed by atoms with Gasteiger partial charge in [-0.1, -0.05) is 18.2 Å². The summed E-state index contributed by atoms with van der Waals surface area (Å²) < 4.78 is 5.78. The number of para-hydroxylation sites is 1. The van der Waals surface area contributed by atoms with E-state index in [9.17, 15) is 4.79 Å². The molecule has 0 bridgehead atoms. The quantitative estimate of drug-likeness (QED) is 0.563. The molecule has 0 saturated heterocycles. The fourth-order valence-corrected chi connectivity index (χ4v) is 2.23. The summed E-state index contributed by atoms with van der Waals surface area (Å²) in [6.07, 6.45) is 1.24. The predicted molar refractivity (Wildman–Crippen MR) is 79.6 cm³/mol. The third kappa shape index (κ3) is 2.36. The van der Waals surface area contributed by atoms with Gasteiger partial charge in [-0.2, -0.15) is 0 Å². The van der Waals surface area contributed by atoms with Gasteiger partial charge in [0.15, 0.2) is 0 Å². The van der Waals surface area contributed by atoms with Gasteiger partial charge < -0.3 is 15.5 Å². The average molecular weight is 266 g/mol. The number of carbonyl (C=O) groups excluding carboxylic acids is 1. The largest absolute Gasteiger partial charge is 0.461 e. The summed E-state index contributed by atoms with van der Waals surface area (Å²) in [5.41, 5.74) is 9.17. The summed E-state index contributed by atoms with van der Waals surface area (Å²) in [5, 5.41) is 3.69. The Morgan fingerprint density at radius 1 is 1.15 bits per heavy atom. The van der Waals surface area contributed by atoms with Crippen LogP contribution in [0.25, 0.3) is 11.0 Å². The number of furan rings is 1. The van der Waals surface area contributed by atoms with Crippen LogP contribution in [-0.2, 0) is 11.2 Å². The summed E-state index contributed by atoms with van der Waals surface area (Å²) in [6.45, 7) is 0. The highest BCUT2D eigenvalue weighted by molar-refractivity contribution is 5.78. The van der Waals surface area contributed by atoms with Crippen molar-refractivity contribution >= 4 is 28.8 Å². The fourth-order valence-electron chi connectivity index (χ4n) is 2.23. The first kappa shape index (κ1) is 12.3. The van der Waals surface area contributed by atoms with Crippen molar-refractivity contribution < 1.29 is 9.21 Å². The number of hydrogen-bond acceptors (Lipinski definition) is 3. The van der Waals surface area contributed by atoms with Crippen LogP contribution in [0, 0.1) is 0 Å². The molecule has 0 aliphatic heterocycles. The molecule has 100 valence electrons. The number of nitrogens with two attached hydrogens (primary N) is 1. The maximum absolute atomic E-state index is 10.5. The molecule has 2 aromatic carbocycles. The number of hydrogen-bond donors (Lipinski definition) is 2. The Balaban J connectivity index is 1.93. The second-order valence-electron chi connectivity index (χ2n) is 4.60. The van der Waals surface area contributed by atoms with Gasteiger partial charge in [-0.05, 0) is 35.9 Å². The highest BCUT2D eigenvalue weighted by Crippen LogP contribution is 2.25. The molecule has 0 aliphatic rings. The minimum atomic E-state index is 0.592. The number of anilines is 2. The van der Waals surface area contributed by atoms with Gasteiger partial charge in [0.05, 0.1) is 0 Å². The summed E-state index contributed by atoms with van der Waals surface area (Å²) in [5.74, 6) is 0.848. The summed E-state index contributed by atoms with van der Waals surface area (Å²) in [4.78, 5) is 10.5. The van der Waals surface area contributed by atoms with E-state index >= 15 is 0 Å². The Kier molecular flexibility index (Phi) is 3.13. The lowest BCUT2D eigenvalue weighted by Gasteiger charge is -2.06. The molecule has 0 saturated carbocycles. The van der Waals surface area contributed by atoms with E-state index in [4.69, 9.17) is 10.2 Å². The van der Waals surface area contributed by atoms with Gasteiger partial charge in [0.1, 0.15) is 11.3 Å². The summed E-state index contributed by atoms with van der Waals surface area (Å²) >= 11 is 0. The summed E-state index contributed by atoms with van der Waals surface area (Å²) in [7, 11) is 0. The molecule has 1 heterocycles. The third-order valence-corrected chi connectivity index (χ3v) is 3.21. The fraction of sp³-hybridized carbons (Fsp3) is 0.0625. The van der Waals surface area contributed by atoms with Gasteiger partial charge in [-0.15, -0.1) is 0 Å². The van der Waals surface area contributed by atoms with Crippen molar-refractivity contribution in [3.05, 3.63) is 59.9 Å². The molecule has 3 N–H and O–H groups in total.